The zero-order chi connectivity index (χ0) is 20.1. The lowest BCUT2D eigenvalue weighted by Crippen LogP contribution is -2.20. The van der Waals surface area contributed by atoms with Crippen LogP contribution >= 0.6 is 0 Å². The third kappa shape index (κ3) is 4.62. The molecule has 4 rings (SSSR count). The number of nitrogens with two attached hydrogens (primary N) is 1. The van der Waals surface area contributed by atoms with E-state index >= 15 is 0 Å². The van der Waals surface area contributed by atoms with E-state index in [9.17, 15) is 4.79 Å². The summed E-state index contributed by atoms with van der Waals surface area (Å²) in [5.41, 5.74) is 7.86. The van der Waals surface area contributed by atoms with Gasteiger partial charge in [0.2, 0.25) is 5.88 Å². The Hall–Kier alpha value is -3.64. The molecular weight excluding hydrogens is 366 g/mol. The molecule has 2 aromatic carbocycles. The van der Waals surface area contributed by atoms with Crippen molar-refractivity contribution in [2.75, 3.05) is 13.1 Å². The highest BCUT2D eigenvalue weighted by Gasteiger charge is 2.16. The lowest BCUT2D eigenvalue weighted by Gasteiger charge is -2.16. The van der Waals surface area contributed by atoms with Crippen molar-refractivity contribution in [2.24, 2.45) is 5.73 Å². The summed E-state index contributed by atoms with van der Waals surface area (Å²) in [6, 6.07) is 18.4. The third-order valence-electron chi connectivity index (χ3n) is 4.55. The molecule has 3 N–H and O–H groups in total. The van der Waals surface area contributed by atoms with E-state index in [4.69, 9.17) is 15.2 Å². The molecular formula is C23H21N3O3. The molecule has 29 heavy (non-hydrogen) atoms. The second-order valence-electron chi connectivity index (χ2n) is 6.62. The minimum absolute atomic E-state index is 0.174. The number of rotatable bonds is 6. The molecule has 0 unspecified atom stereocenters. The molecule has 1 amide bonds. The van der Waals surface area contributed by atoms with Crippen molar-refractivity contribution in [1.82, 2.24) is 10.3 Å². The van der Waals surface area contributed by atoms with Gasteiger partial charge in [0.15, 0.2) is 0 Å². The van der Waals surface area contributed by atoms with Crippen LogP contribution < -0.4 is 20.5 Å². The van der Waals surface area contributed by atoms with Crippen LogP contribution in [0.4, 0.5) is 0 Å². The number of nitrogens with zero attached hydrogens (tertiary/aromatic N) is 1. The maximum Gasteiger partial charge on any atom is 0.254 e. The number of ether oxygens (including phenoxy) is 2. The molecule has 3 aromatic rings. The molecule has 0 saturated carbocycles. The molecule has 0 saturated heterocycles. The van der Waals surface area contributed by atoms with Crippen LogP contribution in [-0.4, -0.2) is 24.0 Å². The highest BCUT2D eigenvalue weighted by molar-refractivity contribution is 5.96. The van der Waals surface area contributed by atoms with Crippen LogP contribution in [0.1, 0.15) is 22.3 Å². The number of primary amides is 1. The first-order valence-electron chi connectivity index (χ1n) is 9.40. The summed E-state index contributed by atoms with van der Waals surface area (Å²) in [5.74, 6) is 1.43. The summed E-state index contributed by atoms with van der Waals surface area (Å²) in [6.07, 6.45) is 4.68. The molecule has 1 aliphatic heterocycles. The summed E-state index contributed by atoms with van der Waals surface area (Å²) in [7, 11) is 0. The average Bonchev–Trinajstić information content (AvgIpc) is 2.75. The lowest BCUT2D eigenvalue weighted by atomic mass is 10.0. The van der Waals surface area contributed by atoms with E-state index in [0.29, 0.717) is 11.5 Å². The van der Waals surface area contributed by atoms with Crippen LogP contribution in [0.25, 0.3) is 5.57 Å². The van der Waals surface area contributed by atoms with Gasteiger partial charge in [-0.25, -0.2) is 4.98 Å². The summed E-state index contributed by atoms with van der Waals surface area (Å²) in [4.78, 5) is 16.4. The molecule has 146 valence electrons. The summed E-state index contributed by atoms with van der Waals surface area (Å²) in [6.45, 7) is 1.69. The van der Waals surface area contributed by atoms with Crippen LogP contribution in [0.2, 0.25) is 0 Å². The van der Waals surface area contributed by atoms with Crippen LogP contribution in [-0.2, 0) is 0 Å². The zero-order valence-electron chi connectivity index (χ0n) is 15.8. The van der Waals surface area contributed by atoms with Crippen LogP contribution in [0.15, 0.2) is 72.9 Å². The Kier molecular flexibility index (Phi) is 5.54. The third-order valence-corrected chi connectivity index (χ3v) is 4.55. The van der Waals surface area contributed by atoms with Gasteiger partial charge in [0.1, 0.15) is 22.8 Å². The van der Waals surface area contributed by atoms with Crippen LogP contribution in [0.3, 0.4) is 0 Å². The minimum Gasteiger partial charge on any atom is -0.457 e. The van der Waals surface area contributed by atoms with Crippen LogP contribution in [0.5, 0.6) is 23.1 Å². The molecule has 0 fully saturated rings. The van der Waals surface area contributed by atoms with Crippen molar-refractivity contribution >= 4 is 11.5 Å². The fourth-order valence-corrected chi connectivity index (χ4v) is 3.11. The average molecular weight is 387 g/mol. The number of carbonyl (C=O) groups is 1. The monoisotopic (exact) mass is 387 g/mol. The molecule has 1 aliphatic rings. The van der Waals surface area contributed by atoms with Gasteiger partial charge in [0.05, 0.1) is 0 Å². The predicted molar refractivity (Wildman–Crippen MR) is 111 cm³/mol. The highest BCUT2D eigenvalue weighted by Crippen LogP contribution is 2.30. The number of pyridine rings is 1. The Morgan fingerprint density at radius 3 is 2.45 bits per heavy atom. The number of nitrogens with one attached hydrogen (secondary N) is 1. The van der Waals surface area contributed by atoms with Crippen molar-refractivity contribution in [2.45, 2.75) is 6.42 Å². The summed E-state index contributed by atoms with van der Waals surface area (Å²) in [5, 5.41) is 3.26. The second-order valence-corrected chi connectivity index (χ2v) is 6.62. The first-order valence-corrected chi connectivity index (χ1v) is 9.40. The Labute approximate surface area is 169 Å². The second kappa shape index (κ2) is 8.58. The first kappa shape index (κ1) is 18.7. The standard InChI is InChI=1S/C23H21N3O3/c24-22(27)21-13-17(16-9-11-25-12-10-16)15-26-23(21)29-20-8-4-7-19(14-20)28-18-5-2-1-3-6-18/h1-9,13-15,25H,10-12H2,(H2,24,27). The molecule has 2 heterocycles. The number of para-hydroxylation sites is 1. The lowest BCUT2D eigenvalue weighted by molar-refractivity contribution is 0.0997. The fraction of sp³-hybridized carbons (Fsp3) is 0.130. The molecule has 6 nitrogen and oxygen atoms in total. The fourth-order valence-electron chi connectivity index (χ4n) is 3.11. The van der Waals surface area contributed by atoms with Crippen molar-refractivity contribution in [1.29, 1.82) is 0 Å². The van der Waals surface area contributed by atoms with Gasteiger partial charge in [-0.05, 0) is 54.4 Å². The molecule has 0 aliphatic carbocycles. The molecule has 0 radical (unpaired) electrons. The zero-order valence-corrected chi connectivity index (χ0v) is 15.8. The number of amides is 1. The van der Waals surface area contributed by atoms with Crippen molar-refractivity contribution in [3.63, 3.8) is 0 Å². The van der Waals surface area contributed by atoms with Gasteiger partial charge in [-0.15, -0.1) is 0 Å². The quantitative estimate of drug-likeness (QED) is 0.664. The molecule has 6 heteroatoms. The summed E-state index contributed by atoms with van der Waals surface area (Å²) >= 11 is 0. The summed E-state index contributed by atoms with van der Waals surface area (Å²) < 4.78 is 11.7. The van der Waals surface area contributed by atoms with E-state index < -0.39 is 5.91 Å². The van der Waals surface area contributed by atoms with Gasteiger partial charge >= 0.3 is 0 Å². The Balaban J connectivity index is 1.58. The number of hydrogen-bond donors (Lipinski definition) is 2. The predicted octanol–water partition coefficient (Wildman–Crippen LogP) is 4.14. The van der Waals surface area contributed by atoms with Crippen molar-refractivity contribution in [3.05, 3.63) is 84.1 Å². The smallest absolute Gasteiger partial charge is 0.254 e. The number of hydrogen-bond acceptors (Lipinski definition) is 5. The normalized spacial score (nSPS) is 13.4. The van der Waals surface area contributed by atoms with Gasteiger partial charge in [0, 0.05) is 18.8 Å². The van der Waals surface area contributed by atoms with E-state index in [1.165, 1.54) is 0 Å². The van der Waals surface area contributed by atoms with Crippen LogP contribution in [0, 0.1) is 0 Å². The Morgan fingerprint density at radius 2 is 1.72 bits per heavy atom. The van der Waals surface area contributed by atoms with Gasteiger partial charge in [-0.2, -0.15) is 0 Å². The van der Waals surface area contributed by atoms with E-state index in [1.54, 1.807) is 24.4 Å². The first-order chi connectivity index (χ1) is 14.2. The number of aromatic nitrogens is 1. The van der Waals surface area contributed by atoms with Gasteiger partial charge in [-0.3, -0.25) is 4.79 Å². The number of carbonyl (C=O) groups excluding carboxylic acids is 1. The van der Waals surface area contributed by atoms with E-state index in [2.05, 4.69) is 16.4 Å². The molecule has 0 spiro atoms. The highest BCUT2D eigenvalue weighted by atomic mass is 16.5. The number of benzene rings is 2. The maximum absolute atomic E-state index is 12.0. The topological polar surface area (TPSA) is 86.5 Å². The maximum atomic E-state index is 12.0. The van der Waals surface area contributed by atoms with Crippen molar-refractivity contribution < 1.29 is 14.3 Å². The van der Waals surface area contributed by atoms with Gasteiger partial charge in [0.25, 0.3) is 5.91 Å². The van der Waals surface area contributed by atoms with E-state index in [1.807, 2.05) is 42.5 Å². The van der Waals surface area contributed by atoms with Crippen molar-refractivity contribution in [3.8, 4) is 23.1 Å². The molecule has 0 atom stereocenters. The largest absolute Gasteiger partial charge is 0.457 e. The minimum atomic E-state index is -0.583. The van der Waals surface area contributed by atoms with Gasteiger partial charge < -0.3 is 20.5 Å². The van der Waals surface area contributed by atoms with E-state index in [0.717, 1.165) is 36.4 Å². The van der Waals surface area contributed by atoms with Gasteiger partial charge in [-0.1, -0.05) is 30.3 Å². The Morgan fingerprint density at radius 1 is 0.966 bits per heavy atom. The Bertz CT molecular complexity index is 1050. The molecule has 1 aromatic heterocycles. The molecule has 0 bridgehead atoms. The SMILES string of the molecule is NC(=O)c1cc(C2=CCNCC2)cnc1Oc1cccc(Oc2ccccc2)c1. The van der Waals surface area contributed by atoms with E-state index in [-0.39, 0.29) is 11.4 Å².